The van der Waals surface area contributed by atoms with Gasteiger partial charge in [0.05, 0.1) is 12.2 Å². The summed E-state index contributed by atoms with van der Waals surface area (Å²) >= 11 is 0. The van der Waals surface area contributed by atoms with Crippen molar-refractivity contribution in [3.05, 3.63) is 60.7 Å². The van der Waals surface area contributed by atoms with Crippen LogP contribution in [0.25, 0.3) is 0 Å². The van der Waals surface area contributed by atoms with E-state index in [0.717, 1.165) is 45.1 Å². The van der Waals surface area contributed by atoms with Crippen LogP contribution in [0.1, 0.15) is 72.1 Å². The lowest BCUT2D eigenvalue weighted by Gasteiger charge is -2.43. The summed E-state index contributed by atoms with van der Waals surface area (Å²) < 4.78 is 12.9. The Hall–Kier alpha value is -1.46. The fourth-order valence-corrected chi connectivity index (χ4v) is 10.4. The Balaban J connectivity index is 1.37. The summed E-state index contributed by atoms with van der Waals surface area (Å²) in [6, 6.07) is 21.7. The molecule has 4 rings (SSSR count). The predicted octanol–water partition coefficient (Wildman–Crippen LogP) is 5.20. The summed E-state index contributed by atoms with van der Waals surface area (Å²) in [5, 5.41) is 13.4. The average Bonchev–Trinajstić information content (AvgIpc) is 3.55. The van der Waals surface area contributed by atoms with Crippen LogP contribution in [0.5, 0.6) is 0 Å². The highest BCUT2D eigenvalue weighted by Gasteiger charge is 2.61. The SMILES string of the molecule is CC(C)(C)[Si](OCCCCCC(O)C12CCCCC1O2)(c1ccccc1)c1ccccc1. The Labute approximate surface area is 195 Å². The number of fused-ring (bicyclic) bond motifs is 1. The van der Waals surface area contributed by atoms with Crippen molar-refractivity contribution in [2.45, 2.75) is 95.0 Å². The highest BCUT2D eigenvalue weighted by atomic mass is 28.4. The lowest BCUT2D eigenvalue weighted by Crippen LogP contribution is -2.66. The molecule has 3 unspecified atom stereocenters. The number of rotatable bonds is 10. The first-order valence-electron chi connectivity index (χ1n) is 12.5. The molecule has 3 nitrogen and oxygen atoms in total. The highest BCUT2D eigenvalue weighted by Crippen LogP contribution is 2.51. The van der Waals surface area contributed by atoms with E-state index in [1.54, 1.807) is 0 Å². The second-order valence-corrected chi connectivity index (χ2v) is 15.0. The van der Waals surface area contributed by atoms with Crippen LogP contribution in [0.3, 0.4) is 0 Å². The van der Waals surface area contributed by atoms with E-state index in [4.69, 9.17) is 9.16 Å². The van der Waals surface area contributed by atoms with Crippen LogP contribution in [0.2, 0.25) is 5.04 Å². The highest BCUT2D eigenvalue weighted by molar-refractivity contribution is 6.99. The molecule has 2 aromatic carbocycles. The lowest BCUT2D eigenvalue weighted by atomic mass is 9.83. The Morgan fingerprint density at radius 2 is 1.59 bits per heavy atom. The summed E-state index contributed by atoms with van der Waals surface area (Å²) in [5.41, 5.74) is -0.191. The molecular weight excluding hydrogens is 412 g/mol. The molecule has 0 spiro atoms. The molecule has 0 amide bonds. The molecule has 174 valence electrons. The van der Waals surface area contributed by atoms with Crippen molar-refractivity contribution < 1.29 is 14.3 Å². The number of hydrogen-bond acceptors (Lipinski definition) is 3. The van der Waals surface area contributed by atoms with Crippen LogP contribution in [0, 0.1) is 0 Å². The number of aliphatic hydroxyl groups is 1. The maximum absolute atomic E-state index is 10.7. The second-order valence-electron chi connectivity index (χ2n) is 10.7. The molecule has 1 heterocycles. The summed E-state index contributed by atoms with van der Waals surface area (Å²) in [5.74, 6) is 0. The maximum atomic E-state index is 10.7. The third kappa shape index (κ3) is 4.61. The second kappa shape index (κ2) is 9.80. The van der Waals surface area contributed by atoms with E-state index in [1.165, 1.54) is 23.2 Å². The van der Waals surface area contributed by atoms with Crippen LogP contribution in [-0.4, -0.2) is 37.8 Å². The normalized spacial score (nSPS) is 24.1. The minimum atomic E-state index is -2.43. The Kier molecular flexibility index (Phi) is 7.26. The van der Waals surface area contributed by atoms with E-state index in [0.29, 0.717) is 6.10 Å². The summed E-state index contributed by atoms with van der Waals surface area (Å²) in [6.07, 6.45) is 8.61. The van der Waals surface area contributed by atoms with Gasteiger partial charge in [-0.1, -0.05) is 107 Å². The first-order chi connectivity index (χ1) is 15.4. The van der Waals surface area contributed by atoms with Gasteiger partial charge in [-0.3, -0.25) is 0 Å². The lowest BCUT2D eigenvalue weighted by molar-refractivity contribution is 0.0581. The number of unbranched alkanes of at least 4 members (excludes halogenated alkanes) is 2. The van der Waals surface area contributed by atoms with Crippen molar-refractivity contribution in [2.75, 3.05) is 6.61 Å². The maximum Gasteiger partial charge on any atom is 0.261 e. The Morgan fingerprint density at radius 3 is 2.16 bits per heavy atom. The average molecular weight is 453 g/mol. The quantitative estimate of drug-likeness (QED) is 0.306. The predicted molar refractivity (Wildman–Crippen MR) is 134 cm³/mol. The van der Waals surface area contributed by atoms with Crippen molar-refractivity contribution in [2.24, 2.45) is 0 Å². The minimum Gasteiger partial charge on any atom is -0.407 e. The topological polar surface area (TPSA) is 42.0 Å². The third-order valence-electron chi connectivity index (χ3n) is 7.55. The van der Waals surface area contributed by atoms with Crippen molar-refractivity contribution in [3.63, 3.8) is 0 Å². The molecule has 0 bridgehead atoms. The van der Waals surface area contributed by atoms with Gasteiger partial charge in [0.1, 0.15) is 5.60 Å². The fourth-order valence-electron chi connectivity index (χ4n) is 5.79. The van der Waals surface area contributed by atoms with E-state index < -0.39 is 8.32 Å². The minimum absolute atomic E-state index is 0.0182. The van der Waals surface area contributed by atoms with E-state index >= 15 is 0 Å². The van der Waals surface area contributed by atoms with Gasteiger partial charge in [0, 0.05) is 6.61 Å². The van der Waals surface area contributed by atoms with Gasteiger partial charge in [0.2, 0.25) is 0 Å². The molecule has 0 aromatic heterocycles. The summed E-state index contributed by atoms with van der Waals surface area (Å²) in [6.45, 7) is 7.73. The molecule has 2 aromatic rings. The molecule has 1 N–H and O–H groups in total. The Morgan fingerprint density at radius 1 is 0.969 bits per heavy atom. The van der Waals surface area contributed by atoms with Crippen LogP contribution < -0.4 is 10.4 Å². The van der Waals surface area contributed by atoms with Gasteiger partial charge in [-0.05, 0) is 41.1 Å². The standard InChI is InChI=1S/C28H40O3Si/c1-27(2,3)32(23-15-7-4-8-16-23,24-17-9-5-10-18-24)30-22-14-6-11-19-25(29)28-21-13-12-20-26(28)31-28/h4-5,7-10,15-18,25-26,29H,6,11-14,19-22H2,1-3H3. The van der Waals surface area contributed by atoms with Gasteiger partial charge in [-0.2, -0.15) is 0 Å². The van der Waals surface area contributed by atoms with Crippen LogP contribution in [0.4, 0.5) is 0 Å². The summed E-state index contributed by atoms with van der Waals surface area (Å²) in [4.78, 5) is 0. The zero-order chi connectivity index (χ0) is 22.7. The molecule has 1 aliphatic heterocycles. The number of epoxide rings is 1. The van der Waals surface area contributed by atoms with Crippen LogP contribution >= 0.6 is 0 Å². The summed E-state index contributed by atoms with van der Waals surface area (Å²) in [7, 11) is -2.43. The van der Waals surface area contributed by atoms with Gasteiger partial charge < -0.3 is 14.3 Å². The van der Waals surface area contributed by atoms with Gasteiger partial charge >= 0.3 is 0 Å². The van der Waals surface area contributed by atoms with Gasteiger partial charge in [0.25, 0.3) is 8.32 Å². The van der Waals surface area contributed by atoms with Gasteiger partial charge in [0.15, 0.2) is 0 Å². The van der Waals surface area contributed by atoms with Crippen molar-refractivity contribution in [1.29, 1.82) is 0 Å². The molecule has 3 atom stereocenters. The van der Waals surface area contributed by atoms with Crippen molar-refractivity contribution >= 4 is 18.7 Å². The first-order valence-corrected chi connectivity index (χ1v) is 14.4. The zero-order valence-corrected chi connectivity index (χ0v) is 21.1. The van der Waals surface area contributed by atoms with Crippen LogP contribution in [-0.2, 0) is 9.16 Å². The number of hydrogen-bond donors (Lipinski definition) is 1. The molecule has 32 heavy (non-hydrogen) atoms. The third-order valence-corrected chi connectivity index (χ3v) is 12.6. The molecule has 2 aliphatic rings. The van der Waals surface area contributed by atoms with Crippen molar-refractivity contribution in [1.82, 2.24) is 0 Å². The Bertz CT molecular complexity index is 808. The first kappa shape index (κ1) is 23.7. The van der Waals surface area contributed by atoms with Crippen LogP contribution in [0.15, 0.2) is 60.7 Å². The van der Waals surface area contributed by atoms with Crippen molar-refractivity contribution in [3.8, 4) is 0 Å². The molecular formula is C28H40O3Si. The van der Waals surface area contributed by atoms with Gasteiger partial charge in [-0.15, -0.1) is 0 Å². The van der Waals surface area contributed by atoms with Gasteiger partial charge in [-0.25, -0.2) is 0 Å². The van der Waals surface area contributed by atoms with E-state index in [-0.39, 0.29) is 16.7 Å². The van der Waals surface area contributed by atoms with E-state index in [9.17, 15) is 5.11 Å². The largest absolute Gasteiger partial charge is 0.407 e. The zero-order valence-electron chi connectivity index (χ0n) is 20.1. The number of aliphatic hydroxyl groups excluding tert-OH is 1. The monoisotopic (exact) mass is 452 g/mol. The van der Waals surface area contributed by atoms with E-state index in [2.05, 4.69) is 81.4 Å². The fraction of sp³-hybridized carbons (Fsp3) is 0.571. The molecule has 1 saturated heterocycles. The molecule has 4 heteroatoms. The molecule has 2 fully saturated rings. The molecule has 1 saturated carbocycles. The number of benzene rings is 2. The smallest absolute Gasteiger partial charge is 0.261 e. The van der Waals surface area contributed by atoms with E-state index in [1.807, 2.05) is 0 Å². The number of ether oxygens (including phenoxy) is 1. The molecule has 1 aliphatic carbocycles. The molecule has 0 radical (unpaired) electrons.